The van der Waals surface area contributed by atoms with Crippen LogP contribution in [0.4, 0.5) is 10.5 Å². The number of amides is 2. The van der Waals surface area contributed by atoms with E-state index in [4.69, 9.17) is 4.74 Å². The first-order valence-corrected chi connectivity index (χ1v) is 8.82. The first kappa shape index (κ1) is 16.5. The van der Waals surface area contributed by atoms with Gasteiger partial charge in [0.2, 0.25) is 0 Å². The van der Waals surface area contributed by atoms with Gasteiger partial charge in [-0.15, -0.1) is 11.3 Å². The third kappa shape index (κ3) is 3.59. The smallest absolute Gasteiger partial charge is 0.414 e. The van der Waals surface area contributed by atoms with E-state index in [9.17, 15) is 9.59 Å². The van der Waals surface area contributed by atoms with E-state index < -0.39 is 0 Å². The maximum absolute atomic E-state index is 12.1. The molecule has 1 atom stereocenters. The summed E-state index contributed by atoms with van der Waals surface area (Å²) in [5.41, 5.74) is 2.04. The van der Waals surface area contributed by atoms with Gasteiger partial charge in [0, 0.05) is 5.69 Å². The molecule has 1 aromatic heterocycles. The number of carbonyl (C=O) groups is 2. The van der Waals surface area contributed by atoms with E-state index in [0.29, 0.717) is 23.9 Å². The Morgan fingerprint density at radius 2 is 2.08 bits per heavy atom. The lowest BCUT2D eigenvalue weighted by molar-refractivity contribution is 0.0920. The molecule has 0 spiro atoms. The van der Waals surface area contributed by atoms with E-state index in [0.717, 1.165) is 5.69 Å². The zero-order valence-electron chi connectivity index (χ0n) is 13.7. The molecule has 1 aliphatic heterocycles. The van der Waals surface area contributed by atoms with E-state index in [2.05, 4.69) is 19.2 Å². The SMILES string of the molecule is CC(C)c1ccc(N2CC(CNC(=O)c3cccs3)OC2=O)cc1. The normalized spacial score (nSPS) is 17.2. The molecule has 1 aliphatic rings. The van der Waals surface area contributed by atoms with Crippen molar-refractivity contribution < 1.29 is 14.3 Å². The minimum absolute atomic E-state index is 0.138. The van der Waals surface area contributed by atoms with Crippen molar-refractivity contribution in [1.29, 1.82) is 0 Å². The zero-order valence-corrected chi connectivity index (χ0v) is 14.5. The summed E-state index contributed by atoms with van der Waals surface area (Å²) in [4.78, 5) is 26.3. The van der Waals surface area contributed by atoms with Crippen LogP contribution in [0.3, 0.4) is 0 Å². The van der Waals surface area contributed by atoms with Gasteiger partial charge < -0.3 is 10.1 Å². The Morgan fingerprint density at radius 1 is 1.33 bits per heavy atom. The molecule has 24 heavy (non-hydrogen) atoms. The highest BCUT2D eigenvalue weighted by Crippen LogP contribution is 2.24. The van der Waals surface area contributed by atoms with Crippen molar-refractivity contribution in [3.05, 3.63) is 52.2 Å². The quantitative estimate of drug-likeness (QED) is 0.901. The van der Waals surface area contributed by atoms with Crippen LogP contribution in [-0.2, 0) is 4.74 Å². The molecule has 1 saturated heterocycles. The molecule has 2 aromatic rings. The third-order valence-corrected chi connectivity index (χ3v) is 4.85. The van der Waals surface area contributed by atoms with Crippen LogP contribution in [0.15, 0.2) is 41.8 Å². The van der Waals surface area contributed by atoms with Crippen molar-refractivity contribution in [2.24, 2.45) is 0 Å². The largest absolute Gasteiger partial charge is 0.442 e. The maximum atomic E-state index is 12.1. The molecule has 1 N–H and O–H groups in total. The van der Waals surface area contributed by atoms with Crippen molar-refractivity contribution in [2.45, 2.75) is 25.9 Å². The molecule has 2 heterocycles. The zero-order chi connectivity index (χ0) is 17.1. The first-order valence-electron chi connectivity index (χ1n) is 7.94. The predicted molar refractivity (Wildman–Crippen MR) is 94.8 cm³/mol. The second-order valence-corrected chi connectivity index (χ2v) is 7.00. The van der Waals surface area contributed by atoms with Crippen LogP contribution in [0.25, 0.3) is 0 Å². The topological polar surface area (TPSA) is 58.6 Å². The third-order valence-electron chi connectivity index (χ3n) is 3.98. The molecule has 0 bridgehead atoms. The number of cyclic esters (lactones) is 1. The highest BCUT2D eigenvalue weighted by atomic mass is 32.1. The molecule has 1 unspecified atom stereocenters. The second-order valence-electron chi connectivity index (χ2n) is 6.05. The van der Waals surface area contributed by atoms with Crippen molar-refractivity contribution in [3.63, 3.8) is 0 Å². The van der Waals surface area contributed by atoms with Crippen LogP contribution < -0.4 is 10.2 Å². The van der Waals surface area contributed by atoms with Gasteiger partial charge in [-0.3, -0.25) is 9.69 Å². The average molecular weight is 344 g/mol. The van der Waals surface area contributed by atoms with Gasteiger partial charge in [0.25, 0.3) is 5.91 Å². The predicted octanol–water partition coefficient (Wildman–Crippen LogP) is 3.63. The second kappa shape index (κ2) is 7.05. The Kier molecular flexibility index (Phi) is 4.85. The van der Waals surface area contributed by atoms with Crippen LogP contribution in [-0.4, -0.2) is 31.2 Å². The minimum Gasteiger partial charge on any atom is -0.442 e. The van der Waals surface area contributed by atoms with Gasteiger partial charge in [-0.25, -0.2) is 4.79 Å². The van der Waals surface area contributed by atoms with Crippen molar-refractivity contribution >= 4 is 29.0 Å². The van der Waals surface area contributed by atoms with Gasteiger partial charge in [-0.05, 0) is 35.1 Å². The number of rotatable bonds is 5. The fourth-order valence-electron chi connectivity index (χ4n) is 2.58. The summed E-state index contributed by atoms with van der Waals surface area (Å²) in [7, 11) is 0. The van der Waals surface area contributed by atoms with Gasteiger partial charge in [-0.1, -0.05) is 32.0 Å². The Hall–Kier alpha value is -2.34. The molecule has 1 fully saturated rings. The lowest BCUT2D eigenvalue weighted by Crippen LogP contribution is -2.34. The van der Waals surface area contributed by atoms with E-state index >= 15 is 0 Å². The summed E-state index contributed by atoms with van der Waals surface area (Å²) in [6.07, 6.45) is -0.714. The number of anilines is 1. The van der Waals surface area contributed by atoms with Crippen LogP contribution in [0.2, 0.25) is 0 Å². The Balaban J connectivity index is 1.58. The number of ether oxygens (including phenoxy) is 1. The Labute approximate surface area is 145 Å². The van der Waals surface area contributed by atoms with Crippen molar-refractivity contribution in [3.8, 4) is 0 Å². The lowest BCUT2D eigenvalue weighted by atomic mass is 10.0. The van der Waals surface area contributed by atoms with E-state index in [1.54, 1.807) is 11.0 Å². The number of hydrogen-bond acceptors (Lipinski definition) is 4. The molecule has 0 radical (unpaired) electrons. The number of benzene rings is 1. The van der Waals surface area contributed by atoms with Crippen LogP contribution in [0.1, 0.15) is 35.0 Å². The summed E-state index contributed by atoms with van der Waals surface area (Å²) in [5.74, 6) is 0.311. The molecule has 6 heteroatoms. The van der Waals surface area contributed by atoms with Gasteiger partial charge in [-0.2, -0.15) is 0 Å². The number of nitrogens with zero attached hydrogens (tertiary/aromatic N) is 1. The van der Waals surface area contributed by atoms with E-state index in [1.807, 2.05) is 35.7 Å². The standard InChI is InChI=1S/C18H20N2O3S/c1-12(2)13-5-7-14(8-6-13)20-11-15(23-18(20)22)10-19-17(21)16-4-3-9-24-16/h3-9,12,15H,10-11H2,1-2H3,(H,19,21). The highest BCUT2D eigenvalue weighted by molar-refractivity contribution is 7.12. The molecular weight excluding hydrogens is 324 g/mol. The fraction of sp³-hybridized carbons (Fsp3) is 0.333. The summed E-state index contributed by atoms with van der Waals surface area (Å²) in [6, 6.07) is 11.5. The van der Waals surface area contributed by atoms with Crippen LogP contribution in [0, 0.1) is 0 Å². The van der Waals surface area contributed by atoms with Gasteiger partial charge >= 0.3 is 6.09 Å². The number of carbonyl (C=O) groups excluding carboxylic acids is 2. The Morgan fingerprint density at radius 3 is 2.71 bits per heavy atom. The monoisotopic (exact) mass is 344 g/mol. The fourth-order valence-corrected chi connectivity index (χ4v) is 3.22. The molecule has 5 nitrogen and oxygen atoms in total. The van der Waals surface area contributed by atoms with Gasteiger partial charge in [0.15, 0.2) is 0 Å². The molecule has 0 saturated carbocycles. The molecule has 1 aromatic carbocycles. The molecule has 2 amide bonds. The lowest BCUT2D eigenvalue weighted by Gasteiger charge is -2.14. The first-order chi connectivity index (χ1) is 11.5. The van der Waals surface area contributed by atoms with E-state index in [1.165, 1.54) is 16.9 Å². The summed E-state index contributed by atoms with van der Waals surface area (Å²) in [5, 5.41) is 4.67. The number of thiophene rings is 1. The van der Waals surface area contributed by atoms with Crippen LogP contribution in [0.5, 0.6) is 0 Å². The molecule has 126 valence electrons. The minimum atomic E-state index is -0.373. The number of nitrogens with one attached hydrogen (secondary N) is 1. The molecular formula is C18H20N2O3S. The molecule has 0 aliphatic carbocycles. The Bertz CT molecular complexity index is 710. The summed E-state index contributed by atoms with van der Waals surface area (Å²) < 4.78 is 5.35. The van der Waals surface area contributed by atoms with Crippen molar-refractivity contribution in [1.82, 2.24) is 5.32 Å². The van der Waals surface area contributed by atoms with E-state index in [-0.39, 0.29) is 18.1 Å². The van der Waals surface area contributed by atoms with Crippen molar-refractivity contribution in [2.75, 3.05) is 18.0 Å². The average Bonchev–Trinajstić information content (AvgIpc) is 3.22. The van der Waals surface area contributed by atoms with Gasteiger partial charge in [0.1, 0.15) is 6.10 Å². The summed E-state index contributed by atoms with van der Waals surface area (Å²) in [6.45, 7) is 5.00. The van der Waals surface area contributed by atoms with Crippen LogP contribution >= 0.6 is 11.3 Å². The maximum Gasteiger partial charge on any atom is 0.414 e. The molecule has 3 rings (SSSR count). The highest BCUT2D eigenvalue weighted by Gasteiger charge is 2.32. The number of hydrogen-bond donors (Lipinski definition) is 1. The summed E-state index contributed by atoms with van der Waals surface area (Å²) >= 11 is 1.38. The van der Waals surface area contributed by atoms with Gasteiger partial charge in [0.05, 0.1) is 18.0 Å².